The van der Waals surface area contributed by atoms with E-state index in [9.17, 15) is 24.1 Å². The topological polar surface area (TPSA) is 207 Å². The van der Waals surface area contributed by atoms with Crippen LogP contribution in [0.15, 0.2) is 57.3 Å². The maximum atomic E-state index is 13.6. The number of rotatable bonds is 11. The fraction of sp³-hybridized carbons (Fsp3) is 0.476. The van der Waals surface area contributed by atoms with Crippen molar-refractivity contribution in [3.05, 3.63) is 73.9 Å². The number of nitrogens with zero attached hydrogens (tertiary/aromatic N) is 4. The van der Waals surface area contributed by atoms with E-state index in [0.717, 1.165) is 16.8 Å². The molecule has 0 aliphatic carbocycles. The van der Waals surface area contributed by atoms with Gasteiger partial charge in [-0.1, -0.05) is 23.3 Å². The molecule has 37 heavy (non-hydrogen) atoms. The maximum Gasteiger partial charge on any atom is 0.459 e. The smallest absolute Gasteiger partial charge is 0.459 e. The van der Waals surface area contributed by atoms with Crippen molar-refractivity contribution in [2.75, 3.05) is 13.2 Å². The van der Waals surface area contributed by atoms with Crippen LogP contribution in [0, 0.1) is 0 Å². The summed E-state index contributed by atoms with van der Waals surface area (Å²) < 4.78 is 36.4. The van der Waals surface area contributed by atoms with E-state index in [2.05, 4.69) is 20.1 Å². The van der Waals surface area contributed by atoms with Crippen LogP contribution in [0.4, 0.5) is 0 Å². The molecule has 15 nitrogen and oxygen atoms in total. The minimum atomic E-state index is -4.28. The Balaban J connectivity index is 1.87. The van der Waals surface area contributed by atoms with Gasteiger partial charge in [-0.25, -0.2) is 9.36 Å². The number of aliphatic hydroxyl groups excluding tert-OH is 1. The third kappa shape index (κ3) is 6.46. The van der Waals surface area contributed by atoms with E-state index >= 15 is 0 Å². The van der Waals surface area contributed by atoms with Crippen molar-refractivity contribution in [2.45, 2.75) is 50.8 Å². The lowest BCUT2D eigenvalue weighted by atomic mass is 9.93. The van der Waals surface area contributed by atoms with Crippen molar-refractivity contribution in [2.24, 2.45) is 5.11 Å². The molecule has 2 aromatic rings. The molecule has 2 unspecified atom stereocenters. The summed E-state index contributed by atoms with van der Waals surface area (Å²) in [6, 6.07) is 7.98. The van der Waals surface area contributed by atoms with Gasteiger partial charge in [0.1, 0.15) is 23.4 Å². The van der Waals surface area contributed by atoms with Crippen molar-refractivity contribution in [1.82, 2.24) is 14.6 Å². The zero-order valence-electron chi connectivity index (χ0n) is 20.2. The van der Waals surface area contributed by atoms with Crippen LogP contribution in [0.1, 0.15) is 27.0 Å². The molecule has 1 aromatic heterocycles. The monoisotopic (exact) mass is 538 g/mol. The Labute approximate surface area is 210 Å². The van der Waals surface area contributed by atoms with Crippen LogP contribution in [0.25, 0.3) is 10.4 Å². The average Bonchev–Trinajstić information content (AvgIpc) is 3.08. The first-order chi connectivity index (χ1) is 17.5. The number of azide groups is 1. The van der Waals surface area contributed by atoms with Crippen LogP contribution >= 0.6 is 7.75 Å². The van der Waals surface area contributed by atoms with Crippen LogP contribution < -0.4 is 20.9 Å². The number of aromatic amines is 1. The fourth-order valence-electron chi connectivity index (χ4n) is 3.63. The van der Waals surface area contributed by atoms with Gasteiger partial charge in [-0.15, -0.1) is 0 Å². The number of hydrogen-bond donors (Lipinski definition) is 3. The number of H-pyrrole nitrogens is 1. The van der Waals surface area contributed by atoms with Crippen molar-refractivity contribution < 1.29 is 33.0 Å². The van der Waals surface area contributed by atoms with Crippen LogP contribution in [-0.2, 0) is 23.4 Å². The zero-order valence-corrected chi connectivity index (χ0v) is 21.1. The summed E-state index contributed by atoms with van der Waals surface area (Å²) in [5.74, 6) is -0.535. The van der Waals surface area contributed by atoms with Gasteiger partial charge in [0.15, 0.2) is 6.23 Å². The Hall–Kier alpha value is -3.45. The number of para-hydroxylation sites is 1. The highest BCUT2D eigenvalue weighted by Crippen LogP contribution is 2.47. The van der Waals surface area contributed by atoms with Crippen LogP contribution in [0.3, 0.4) is 0 Å². The third-order valence-corrected chi connectivity index (χ3v) is 7.13. The minimum absolute atomic E-state index is 0.0984. The highest BCUT2D eigenvalue weighted by atomic mass is 31.2. The SMILES string of the molecule is CCOC(=O)[C@H](C)NP(=O)(OC[C@H]1OC(n2ccc(=O)[nH]c2=O)[C@](C)(N=[N+]=[N-])[C@@H]1O)Oc1ccccc1. The Bertz CT molecular complexity index is 1310. The molecule has 0 spiro atoms. The fourth-order valence-corrected chi connectivity index (χ4v) is 5.14. The molecule has 0 bridgehead atoms. The van der Waals surface area contributed by atoms with Gasteiger partial charge in [-0.3, -0.25) is 23.7 Å². The highest BCUT2D eigenvalue weighted by Gasteiger charge is 2.54. The van der Waals surface area contributed by atoms with Gasteiger partial charge in [-0.05, 0) is 38.4 Å². The minimum Gasteiger partial charge on any atom is -0.465 e. The number of nitrogens with one attached hydrogen (secondary N) is 2. The average molecular weight is 538 g/mol. The molecule has 0 amide bonds. The standard InChI is InChI=1S/C21H27N6O9P/c1-4-33-18(30)13(2)24-37(32,36-14-8-6-5-7-9-14)34-12-15-17(29)21(3,25-26-22)19(35-15)27-11-10-16(28)23-20(27)31/h5-11,13,15,17,19,29H,4,12H2,1-3H3,(H,24,32)(H,23,28,31)/t13-,15+,17+,19?,21+,37?/m0/s1. The number of aliphatic hydroxyl groups is 1. The van der Waals surface area contributed by atoms with Gasteiger partial charge in [0.25, 0.3) is 5.56 Å². The molecule has 3 rings (SSSR count). The van der Waals surface area contributed by atoms with Gasteiger partial charge in [0, 0.05) is 17.2 Å². The summed E-state index contributed by atoms with van der Waals surface area (Å²) >= 11 is 0. The number of benzene rings is 1. The Morgan fingerprint density at radius 3 is 2.70 bits per heavy atom. The molecule has 3 N–H and O–H groups in total. The maximum absolute atomic E-state index is 13.6. The number of ether oxygens (including phenoxy) is 2. The summed E-state index contributed by atoms with van der Waals surface area (Å²) in [5, 5.41) is 17.1. The summed E-state index contributed by atoms with van der Waals surface area (Å²) in [5.41, 5.74) is 5.84. The van der Waals surface area contributed by atoms with Crippen molar-refractivity contribution in [3.63, 3.8) is 0 Å². The molecule has 1 fully saturated rings. The largest absolute Gasteiger partial charge is 0.465 e. The molecule has 0 saturated carbocycles. The van der Waals surface area contributed by atoms with Crippen molar-refractivity contribution in [3.8, 4) is 5.75 Å². The lowest BCUT2D eigenvalue weighted by molar-refractivity contribution is -0.144. The molecule has 16 heteroatoms. The molecule has 1 aliphatic heterocycles. The molecule has 200 valence electrons. The normalized spacial score (nSPS) is 25.5. The summed E-state index contributed by atoms with van der Waals surface area (Å²) in [6.07, 6.45) is -3.04. The molecule has 1 aliphatic rings. The van der Waals surface area contributed by atoms with Gasteiger partial charge in [0.05, 0.1) is 19.3 Å². The van der Waals surface area contributed by atoms with E-state index in [1.165, 1.54) is 26.0 Å². The van der Waals surface area contributed by atoms with E-state index in [0.29, 0.717) is 0 Å². The first kappa shape index (κ1) is 28.1. The Kier molecular flexibility index (Phi) is 8.92. The number of esters is 1. The first-order valence-corrected chi connectivity index (χ1v) is 12.7. The van der Waals surface area contributed by atoms with E-state index in [4.69, 9.17) is 24.1 Å². The number of carbonyl (C=O) groups is 1. The second-order valence-corrected chi connectivity index (χ2v) is 9.90. The van der Waals surface area contributed by atoms with Crippen LogP contribution in [0.2, 0.25) is 0 Å². The van der Waals surface area contributed by atoms with Crippen molar-refractivity contribution >= 4 is 13.7 Å². The number of hydrogen-bond acceptors (Lipinski definition) is 10. The van der Waals surface area contributed by atoms with E-state index < -0.39 is 61.6 Å². The predicted molar refractivity (Wildman–Crippen MR) is 129 cm³/mol. The second-order valence-electron chi connectivity index (χ2n) is 8.20. The van der Waals surface area contributed by atoms with Crippen LogP contribution in [-0.4, -0.2) is 57.6 Å². The van der Waals surface area contributed by atoms with Gasteiger partial charge in [-0.2, -0.15) is 5.09 Å². The molecule has 6 atom stereocenters. The van der Waals surface area contributed by atoms with Gasteiger partial charge < -0.3 is 19.1 Å². The molecular formula is C21H27N6O9P. The molecule has 0 radical (unpaired) electrons. The molecule has 1 aromatic carbocycles. The van der Waals surface area contributed by atoms with Crippen LogP contribution in [0.5, 0.6) is 5.75 Å². The zero-order chi connectivity index (χ0) is 27.2. The number of carbonyl (C=O) groups excluding carboxylic acids is 1. The Morgan fingerprint density at radius 1 is 1.38 bits per heavy atom. The first-order valence-electron chi connectivity index (χ1n) is 11.2. The predicted octanol–water partition coefficient (Wildman–Crippen LogP) is 1.61. The van der Waals surface area contributed by atoms with Gasteiger partial charge >= 0.3 is 19.4 Å². The quantitative estimate of drug-likeness (QED) is 0.124. The number of aromatic nitrogens is 2. The van der Waals surface area contributed by atoms with Gasteiger partial charge in [0.2, 0.25) is 0 Å². The van der Waals surface area contributed by atoms with E-state index in [-0.39, 0.29) is 12.4 Å². The molecule has 1 saturated heterocycles. The van der Waals surface area contributed by atoms with E-state index in [1.54, 1.807) is 25.1 Å². The van der Waals surface area contributed by atoms with E-state index in [1.807, 2.05) is 0 Å². The summed E-state index contributed by atoms with van der Waals surface area (Å²) in [7, 11) is -4.28. The van der Waals surface area contributed by atoms with Crippen molar-refractivity contribution in [1.29, 1.82) is 0 Å². The second kappa shape index (κ2) is 11.7. The Morgan fingerprint density at radius 2 is 2.08 bits per heavy atom. The third-order valence-electron chi connectivity index (χ3n) is 5.49. The summed E-state index contributed by atoms with van der Waals surface area (Å²) in [4.78, 5) is 40.7. The molecular weight excluding hydrogens is 511 g/mol. The highest BCUT2D eigenvalue weighted by molar-refractivity contribution is 7.52. The molecule has 2 heterocycles. The lowest BCUT2D eigenvalue weighted by Gasteiger charge is -2.28. The summed E-state index contributed by atoms with van der Waals surface area (Å²) in [6.45, 7) is 3.90. The lowest BCUT2D eigenvalue weighted by Crippen LogP contribution is -2.45.